The molecule has 0 unspecified atom stereocenters. The monoisotopic (exact) mass is 699 g/mol. The van der Waals surface area contributed by atoms with E-state index in [0.29, 0.717) is 11.1 Å². The van der Waals surface area contributed by atoms with E-state index < -0.39 is 0 Å². The number of hydrogen-bond donors (Lipinski definition) is 0. The number of aromatic nitrogens is 3. The third kappa shape index (κ3) is 4.33. The number of benzene rings is 8. The Morgan fingerprint density at radius 3 is 1.55 bits per heavy atom. The van der Waals surface area contributed by atoms with Crippen LogP contribution in [-0.4, -0.2) is 13.7 Å². The molecule has 11 rings (SSSR count). The van der Waals surface area contributed by atoms with E-state index in [4.69, 9.17) is 0 Å². The van der Waals surface area contributed by atoms with E-state index in [0.717, 1.165) is 82.8 Å². The Labute approximate surface area is 316 Å². The molecule has 0 aliphatic rings. The highest BCUT2D eigenvalue weighted by Gasteiger charge is 2.22. The number of hydrogen-bond acceptors (Lipinski definition) is 2. The molecule has 0 spiro atoms. The van der Waals surface area contributed by atoms with Crippen molar-refractivity contribution in [1.82, 2.24) is 13.7 Å². The van der Waals surface area contributed by atoms with Gasteiger partial charge in [-0.2, -0.15) is 10.5 Å². The van der Waals surface area contributed by atoms with Crippen molar-refractivity contribution in [3.05, 3.63) is 187 Å². The van der Waals surface area contributed by atoms with Crippen molar-refractivity contribution in [2.45, 2.75) is 0 Å². The Balaban J connectivity index is 1.19. The predicted molar refractivity (Wildman–Crippen MR) is 224 cm³/mol. The highest BCUT2D eigenvalue weighted by molar-refractivity contribution is 6.17. The lowest BCUT2D eigenvalue weighted by Crippen LogP contribution is -2.01. The zero-order chi connectivity index (χ0) is 36.6. The van der Waals surface area contributed by atoms with E-state index >= 15 is 0 Å². The first-order chi connectivity index (χ1) is 27.2. The number of nitriles is 2. The molecule has 254 valence electrons. The summed E-state index contributed by atoms with van der Waals surface area (Å²) >= 11 is 0. The van der Waals surface area contributed by atoms with Gasteiger partial charge in [0, 0.05) is 49.1 Å². The summed E-state index contributed by atoms with van der Waals surface area (Å²) in [5, 5.41) is 27.7. The Hall–Kier alpha value is -7.86. The van der Waals surface area contributed by atoms with Gasteiger partial charge in [0.1, 0.15) is 6.07 Å². The summed E-state index contributed by atoms with van der Waals surface area (Å²) in [5.74, 6) is 0. The summed E-state index contributed by atoms with van der Waals surface area (Å²) in [5.41, 5.74) is 12.2. The van der Waals surface area contributed by atoms with E-state index in [9.17, 15) is 10.5 Å². The summed E-state index contributed by atoms with van der Waals surface area (Å²) in [4.78, 5) is 0. The molecule has 8 aromatic carbocycles. The first kappa shape index (κ1) is 30.7. The SMILES string of the molecule is N#Cc1ccc(-n2c3ccccc3c3c(-n4c5ccccc5c5ccccc54)cccc32)cc1-c1ccccc1-n1c2ccccc2c2cccc(C#N)c21. The molecular formula is C50H29N5. The number of rotatable bonds is 4. The maximum Gasteiger partial charge on any atom is 0.101 e. The van der Waals surface area contributed by atoms with Gasteiger partial charge in [-0.1, -0.05) is 109 Å². The third-order valence-corrected chi connectivity index (χ3v) is 11.1. The van der Waals surface area contributed by atoms with Gasteiger partial charge in [0.25, 0.3) is 0 Å². The molecule has 0 atom stereocenters. The molecule has 0 radical (unpaired) electrons. The molecule has 0 fully saturated rings. The molecule has 55 heavy (non-hydrogen) atoms. The lowest BCUT2D eigenvalue weighted by atomic mass is 9.97. The van der Waals surface area contributed by atoms with Gasteiger partial charge >= 0.3 is 0 Å². The number of para-hydroxylation sites is 6. The van der Waals surface area contributed by atoms with Crippen molar-refractivity contribution in [1.29, 1.82) is 10.5 Å². The maximum absolute atomic E-state index is 10.6. The standard InChI is InChI=1S/C50H29N5/c51-30-32-27-28-34(29-41(32)38-17-4-9-23-45(38)55-44-22-8-3-16-37(44)39-19-11-13-33(31-52)50(39)55)53-46-24-10-5-18-40(46)49-47(53)25-12-26-48(49)54-42-20-6-1-14-35(42)36-15-2-7-21-43(36)54/h1-29H. The van der Waals surface area contributed by atoms with Crippen LogP contribution in [0, 0.1) is 22.7 Å². The molecule has 5 nitrogen and oxygen atoms in total. The first-order valence-electron chi connectivity index (χ1n) is 18.3. The van der Waals surface area contributed by atoms with E-state index in [-0.39, 0.29) is 0 Å². The lowest BCUT2D eigenvalue weighted by Gasteiger charge is -2.17. The molecule has 0 aliphatic heterocycles. The van der Waals surface area contributed by atoms with Crippen molar-refractivity contribution in [3.8, 4) is 40.3 Å². The highest BCUT2D eigenvalue weighted by atomic mass is 15.0. The van der Waals surface area contributed by atoms with Crippen molar-refractivity contribution >= 4 is 65.4 Å². The second-order valence-electron chi connectivity index (χ2n) is 13.9. The van der Waals surface area contributed by atoms with Crippen molar-refractivity contribution < 1.29 is 0 Å². The van der Waals surface area contributed by atoms with Crippen LogP contribution in [0.1, 0.15) is 11.1 Å². The summed E-state index contributed by atoms with van der Waals surface area (Å²) in [6.07, 6.45) is 0. The minimum atomic E-state index is 0.573. The molecule has 0 amide bonds. The smallest absolute Gasteiger partial charge is 0.101 e. The zero-order valence-electron chi connectivity index (χ0n) is 29.5. The fourth-order valence-corrected chi connectivity index (χ4v) is 8.89. The van der Waals surface area contributed by atoms with Crippen LogP contribution in [0.5, 0.6) is 0 Å². The fourth-order valence-electron chi connectivity index (χ4n) is 8.89. The van der Waals surface area contributed by atoms with Crippen LogP contribution in [0.25, 0.3) is 93.6 Å². The summed E-state index contributed by atoms with van der Waals surface area (Å²) in [6.45, 7) is 0. The molecule has 3 heterocycles. The van der Waals surface area contributed by atoms with Gasteiger partial charge in [0.15, 0.2) is 0 Å². The lowest BCUT2D eigenvalue weighted by molar-refractivity contribution is 1.16. The largest absolute Gasteiger partial charge is 0.309 e. The summed E-state index contributed by atoms with van der Waals surface area (Å²) in [7, 11) is 0. The van der Waals surface area contributed by atoms with Crippen LogP contribution in [-0.2, 0) is 0 Å². The average Bonchev–Trinajstić information content (AvgIpc) is 3.89. The van der Waals surface area contributed by atoms with Gasteiger partial charge in [-0.25, -0.2) is 0 Å². The van der Waals surface area contributed by atoms with Gasteiger partial charge in [-0.15, -0.1) is 0 Å². The Morgan fingerprint density at radius 2 is 0.855 bits per heavy atom. The topological polar surface area (TPSA) is 62.4 Å². The van der Waals surface area contributed by atoms with E-state index in [1.165, 1.54) is 10.8 Å². The van der Waals surface area contributed by atoms with Crippen LogP contribution in [0.15, 0.2) is 176 Å². The fraction of sp³-hybridized carbons (Fsp3) is 0. The predicted octanol–water partition coefficient (Wildman–Crippen LogP) is 12.4. The van der Waals surface area contributed by atoms with Crippen LogP contribution in [0.3, 0.4) is 0 Å². The molecule has 0 N–H and O–H groups in total. The molecule has 0 bridgehead atoms. The van der Waals surface area contributed by atoms with Crippen LogP contribution >= 0.6 is 0 Å². The normalized spacial score (nSPS) is 11.6. The second kappa shape index (κ2) is 11.8. The molecule has 11 aromatic rings. The van der Waals surface area contributed by atoms with Crippen LogP contribution < -0.4 is 0 Å². The average molecular weight is 700 g/mol. The minimum Gasteiger partial charge on any atom is -0.309 e. The molecule has 0 saturated carbocycles. The third-order valence-electron chi connectivity index (χ3n) is 11.1. The molecule has 5 heteroatoms. The van der Waals surface area contributed by atoms with Gasteiger partial charge in [-0.3, -0.25) is 0 Å². The molecule has 3 aromatic heterocycles. The highest BCUT2D eigenvalue weighted by Crippen LogP contribution is 2.42. The number of fused-ring (bicyclic) bond motifs is 9. The van der Waals surface area contributed by atoms with Crippen LogP contribution in [0.2, 0.25) is 0 Å². The van der Waals surface area contributed by atoms with E-state index in [1.54, 1.807) is 0 Å². The van der Waals surface area contributed by atoms with Gasteiger partial charge in [0.05, 0.1) is 61.7 Å². The zero-order valence-corrected chi connectivity index (χ0v) is 29.5. The van der Waals surface area contributed by atoms with Crippen LogP contribution in [0.4, 0.5) is 0 Å². The van der Waals surface area contributed by atoms with Crippen molar-refractivity contribution in [2.24, 2.45) is 0 Å². The Morgan fingerprint density at radius 1 is 0.345 bits per heavy atom. The molecule has 0 saturated heterocycles. The Bertz CT molecular complexity index is 3420. The minimum absolute atomic E-state index is 0.573. The maximum atomic E-state index is 10.6. The van der Waals surface area contributed by atoms with Crippen molar-refractivity contribution in [2.75, 3.05) is 0 Å². The molecule has 0 aliphatic carbocycles. The van der Waals surface area contributed by atoms with Crippen molar-refractivity contribution in [3.63, 3.8) is 0 Å². The Kier molecular flexibility index (Phi) is 6.61. The summed E-state index contributed by atoms with van der Waals surface area (Å²) in [6, 6.07) is 65.8. The van der Waals surface area contributed by atoms with E-state index in [2.05, 4.69) is 159 Å². The quantitative estimate of drug-likeness (QED) is 0.184. The second-order valence-corrected chi connectivity index (χ2v) is 13.9. The number of nitrogens with zero attached hydrogens (tertiary/aromatic N) is 5. The van der Waals surface area contributed by atoms with Gasteiger partial charge in [0.2, 0.25) is 0 Å². The molecular weight excluding hydrogens is 671 g/mol. The summed E-state index contributed by atoms with van der Waals surface area (Å²) < 4.78 is 6.90. The van der Waals surface area contributed by atoms with Gasteiger partial charge in [-0.05, 0) is 66.7 Å². The first-order valence-corrected chi connectivity index (χ1v) is 18.3. The van der Waals surface area contributed by atoms with E-state index in [1.807, 2.05) is 42.5 Å². The van der Waals surface area contributed by atoms with Gasteiger partial charge < -0.3 is 13.7 Å².